The molecule has 0 bridgehead atoms. The normalized spacial score (nSPS) is 12.2. The van der Waals surface area contributed by atoms with Crippen molar-refractivity contribution in [2.24, 2.45) is 0 Å². The monoisotopic (exact) mass is 443 g/mol. The van der Waals surface area contributed by atoms with Crippen LogP contribution in [-0.4, -0.2) is 49.6 Å². The Bertz CT molecular complexity index is 1130. The second kappa shape index (κ2) is 9.34. The fraction of sp³-hybridized carbons (Fsp3) is 0.286. The van der Waals surface area contributed by atoms with E-state index in [0.717, 1.165) is 0 Å². The van der Waals surface area contributed by atoms with E-state index < -0.39 is 17.3 Å². The highest BCUT2D eigenvalue weighted by atomic mass is 35.5. The van der Waals surface area contributed by atoms with Gasteiger partial charge >= 0.3 is 0 Å². The summed E-state index contributed by atoms with van der Waals surface area (Å²) < 4.78 is 1.59. The van der Waals surface area contributed by atoms with Gasteiger partial charge in [-0.25, -0.2) is 0 Å². The van der Waals surface area contributed by atoms with Gasteiger partial charge < -0.3 is 5.11 Å². The van der Waals surface area contributed by atoms with Crippen LogP contribution in [0.25, 0.3) is 5.69 Å². The molecule has 1 atom stereocenters. The summed E-state index contributed by atoms with van der Waals surface area (Å²) in [4.78, 5) is 26.2. The highest BCUT2D eigenvalue weighted by Gasteiger charge is 2.27. The van der Waals surface area contributed by atoms with Crippen molar-refractivity contribution in [3.05, 3.63) is 80.4 Å². The Morgan fingerprint density at radius 3 is 2.52 bits per heavy atom. The van der Waals surface area contributed by atoms with Crippen molar-refractivity contribution in [3.8, 4) is 5.69 Å². The highest BCUT2D eigenvalue weighted by Crippen LogP contribution is 2.31. The molecule has 0 fully saturated rings. The molecule has 1 N–H and O–H groups in total. The van der Waals surface area contributed by atoms with E-state index in [4.69, 9.17) is 11.6 Å². The van der Waals surface area contributed by atoms with E-state index in [-0.39, 0.29) is 33.7 Å². The third kappa shape index (κ3) is 4.34. The van der Waals surface area contributed by atoms with E-state index in [1.165, 1.54) is 18.2 Å². The molecule has 1 aromatic heterocycles. The van der Waals surface area contributed by atoms with Crippen LogP contribution < -0.4 is 0 Å². The Kier molecular flexibility index (Phi) is 6.79. The molecule has 162 valence electrons. The van der Waals surface area contributed by atoms with Gasteiger partial charge in [0.2, 0.25) is 0 Å². The van der Waals surface area contributed by atoms with Crippen LogP contribution >= 0.6 is 11.6 Å². The Morgan fingerprint density at radius 1 is 1.23 bits per heavy atom. The van der Waals surface area contributed by atoms with Gasteiger partial charge in [0.25, 0.3) is 5.69 Å². The zero-order chi connectivity index (χ0) is 22.7. The summed E-state index contributed by atoms with van der Waals surface area (Å²) in [5.74, 6) is 0.252. The molecule has 2 aromatic carbocycles. The Hall–Kier alpha value is -3.14. The smallest absolute Gasteiger partial charge is 0.270 e. The fourth-order valence-corrected chi connectivity index (χ4v) is 3.72. The van der Waals surface area contributed by atoms with Gasteiger partial charge in [-0.1, -0.05) is 30.7 Å². The van der Waals surface area contributed by atoms with Gasteiger partial charge in [-0.05, 0) is 38.7 Å². The van der Waals surface area contributed by atoms with Gasteiger partial charge in [-0.3, -0.25) is 24.4 Å². The zero-order valence-electron chi connectivity index (χ0n) is 17.3. The number of aliphatic hydroxyl groups excluding tert-OH is 1. The summed E-state index contributed by atoms with van der Waals surface area (Å²) in [6, 6.07) is 10.3. The zero-order valence-corrected chi connectivity index (χ0v) is 18.1. The lowest BCUT2D eigenvalue weighted by Gasteiger charge is -2.24. The van der Waals surface area contributed by atoms with Crippen molar-refractivity contribution < 1.29 is 14.8 Å². The molecule has 3 aromatic rings. The van der Waals surface area contributed by atoms with Crippen molar-refractivity contribution in [3.63, 3.8) is 0 Å². The molecule has 0 amide bonds. The highest BCUT2D eigenvalue weighted by molar-refractivity contribution is 6.35. The standard InChI is InChI=1S/C21H22ClN5O4/c1-4-17(25(2)3)21-24-23-19(12-28)26(21)18-10-9-13(27(30)31)11-15(18)20(29)14-7-5-6-8-16(14)22/h5-11,17,28H,4,12H2,1-3H3. The molecule has 3 rings (SSSR count). The number of carbonyl (C=O) groups excluding carboxylic acids is 1. The minimum absolute atomic E-state index is 0.0617. The van der Waals surface area contributed by atoms with E-state index in [0.29, 0.717) is 17.9 Å². The predicted molar refractivity (Wildman–Crippen MR) is 116 cm³/mol. The second-order valence-corrected chi connectivity index (χ2v) is 7.53. The van der Waals surface area contributed by atoms with Gasteiger partial charge in [0.15, 0.2) is 17.4 Å². The molecule has 0 aliphatic carbocycles. The maximum atomic E-state index is 13.4. The maximum absolute atomic E-state index is 13.4. The maximum Gasteiger partial charge on any atom is 0.270 e. The number of halogens is 1. The van der Waals surface area contributed by atoms with Crippen molar-refractivity contribution in [2.75, 3.05) is 14.1 Å². The van der Waals surface area contributed by atoms with Crippen LogP contribution in [0.5, 0.6) is 0 Å². The van der Waals surface area contributed by atoms with Crippen LogP contribution in [0.2, 0.25) is 5.02 Å². The number of rotatable bonds is 8. The first-order valence-electron chi connectivity index (χ1n) is 9.59. The molecule has 0 spiro atoms. The summed E-state index contributed by atoms with van der Waals surface area (Å²) in [6.45, 7) is 1.56. The molecule has 0 radical (unpaired) electrons. The number of hydrogen-bond donors (Lipinski definition) is 1. The number of aromatic nitrogens is 3. The number of hydrogen-bond acceptors (Lipinski definition) is 7. The summed E-state index contributed by atoms with van der Waals surface area (Å²) in [7, 11) is 3.77. The fourth-order valence-electron chi connectivity index (χ4n) is 3.49. The minimum atomic E-state index is -0.568. The Morgan fingerprint density at radius 2 is 1.94 bits per heavy atom. The molecule has 10 heteroatoms. The van der Waals surface area contributed by atoms with E-state index in [1.54, 1.807) is 28.8 Å². The lowest BCUT2D eigenvalue weighted by Crippen LogP contribution is -2.24. The number of nitro benzene ring substituents is 1. The predicted octanol–water partition coefficient (Wildman–Crippen LogP) is 3.56. The first kappa shape index (κ1) is 22.5. The number of non-ortho nitro benzene ring substituents is 1. The van der Waals surface area contributed by atoms with E-state index in [1.807, 2.05) is 25.9 Å². The Labute approximate surface area is 184 Å². The van der Waals surface area contributed by atoms with E-state index >= 15 is 0 Å². The topological polar surface area (TPSA) is 114 Å². The van der Waals surface area contributed by atoms with Crippen LogP contribution in [-0.2, 0) is 6.61 Å². The number of nitrogens with zero attached hydrogens (tertiary/aromatic N) is 5. The van der Waals surface area contributed by atoms with Crippen LogP contribution in [0.15, 0.2) is 42.5 Å². The summed E-state index contributed by atoms with van der Waals surface area (Å²) in [6.07, 6.45) is 0.692. The average molecular weight is 444 g/mol. The number of aliphatic hydroxyl groups is 1. The van der Waals surface area contributed by atoms with Crippen molar-refractivity contribution in [1.82, 2.24) is 19.7 Å². The van der Waals surface area contributed by atoms with Crippen molar-refractivity contribution in [2.45, 2.75) is 26.0 Å². The first-order valence-corrected chi connectivity index (χ1v) is 9.97. The molecule has 9 nitrogen and oxygen atoms in total. The molecular weight excluding hydrogens is 422 g/mol. The van der Waals surface area contributed by atoms with E-state index in [2.05, 4.69) is 10.2 Å². The number of nitro groups is 1. The molecule has 0 saturated carbocycles. The average Bonchev–Trinajstić information content (AvgIpc) is 3.16. The summed E-state index contributed by atoms with van der Waals surface area (Å²) in [5, 5.41) is 29.8. The van der Waals surface area contributed by atoms with Gasteiger partial charge in [0.1, 0.15) is 6.61 Å². The summed E-state index contributed by atoms with van der Waals surface area (Å²) in [5.41, 5.74) is 0.372. The van der Waals surface area contributed by atoms with Crippen LogP contribution in [0.4, 0.5) is 5.69 Å². The third-order valence-corrected chi connectivity index (χ3v) is 5.33. The van der Waals surface area contributed by atoms with Crippen molar-refractivity contribution >= 4 is 23.1 Å². The lowest BCUT2D eigenvalue weighted by molar-refractivity contribution is -0.384. The largest absolute Gasteiger partial charge is 0.388 e. The molecule has 0 aliphatic rings. The molecule has 1 heterocycles. The molecule has 0 saturated heterocycles. The SMILES string of the molecule is CCC(c1nnc(CO)n1-c1ccc([N+](=O)[O-])cc1C(=O)c1ccccc1Cl)N(C)C. The number of carbonyl (C=O) groups is 1. The van der Waals surface area contributed by atoms with Gasteiger partial charge in [0, 0.05) is 17.7 Å². The quantitative estimate of drug-likeness (QED) is 0.321. The van der Waals surface area contributed by atoms with Gasteiger partial charge in [0.05, 0.1) is 27.2 Å². The molecule has 1 unspecified atom stereocenters. The Balaban J connectivity index is 2.30. The lowest BCUT2D eigenvalue weighted by atomic mass is 10.00. The third-order valence-electron chi connectivity index (χ3n) is 5.00. The van der Waals surface area contributed by atoms with Crippen LogP contribution in [0.3, 0.4) is 0 Å². The van der Waals surface area contributed by atoms with Crippen molar-refractivity contribution in [1.29, 1.82) is 0 Å². The van der Waals surface area contributed by atoms with Crippen LogP contribution in [0, 0.1) is 10.1 Å². The molecule has 0 aliphatic heterocycles. The molecule has 31 heavy (non-hydrogen) atoms. The minimum Gasteiger partial charge on any atom is -0.388 e. The van der Waals surface area contributed by atoms with Crippen LogP contribution in [0.1, 0.15) is 47.0 Å². The van der Waals surface area contributed by atoms with E-state index in [9.17, 15) is 20.0 Å². The number of ketones is 1. The first-order chi connectivity index (χ1) is 14.8. The summed E-state index contributed by atoms with van der Waals surface area (Å²) >= 11 is 6.22. The second-order valence-electron chi connectivity index (χ2n) is 7.12. The van der Waals surface area contributed by atoms with Gasteiger partial charge in [-0.15, -0.1) is 10.2 Å². The number of benzene rings is 2. The molecular formula is C21H22ClN5O4. The van der Waals surface area contributed by atoms with Gasteiger partial charge in [-0.2, -0.15) is 0 Å².